The van der Waals surface area contributed by atoms with E-state index in [9.17, 15) is 9.59 Å². The van der Waals surface area contributed by atoms with Crippen molar-refractivity contribution in [1.82, 2.24) is 20.2 Å². The highest BCUT2D eigenvalue weighted by Gasteiger charge is 2.37. The second-order valence-electron chi connectivity index (χ2n) is 7.56. The van der Waals surface area contributed by atoms with Gasteiger partial charge in [0, 0.05) is 18.7 Å². The molecule has 0 bridgehead atoms. The molecule has 2 aliphatic heterocycles. The van der Waals surface area contributed by atoms with E-state index in [-0.39, 0.29) is 18.7 Å². The maximum absolute atomic E-state index is 13.3. The number of esters is 1. The van der Waals surface area contributed by atoms with Gasteiger partial charge < -0.3 is 29.4 Å². The number of H-pyrrole nitrogens is 1. The summed E-state index contributed by atoms with van der Waals surface area (Å²) in [6.07, 6.45) is 3.02. The van der Waals surface area contributed by atoms with Crippen molar-refractivity contribution in [2.45, 2.75) is 38.8 Å². The van der Waals surface area contributed by atoms with Crippen LogP contribution < -0.4 is 14.8 Å². The molecule has 9 heteroatoms. The van der Waals surface area contributed by atoms with Crippen LogP contribution >= 0.6 is 0 Å². The predicted octanol–water partition coefficient (Wildman–Crippen LogP) is 2.38. The lowest BCUT2D eigenvalue weighted by molar-refractivity contribution is -0.144. The third-order valence-electron chi connectivity index (χ3n) is 5.85. The summed E-state index contributed by atoms with van der Waals surface area (Å²) in [6, 6.07) is 4.17. The monoisotopic (exact) mass is 414 g/mol. The molecule has 9 nitrogen and oxygen atoms in total. The highest BCUT2D eigenvalue weighted by atomic mass is 16.7. The lowest BCUT2D eigenvalue weighted by atomic mass is 9.95. The number of rotatable bonds is 5. The van der Waals surface area contributed by atoms with E-state index >= 15 is 0 Å². The van der Waals surface area contributed by atoms with Crippen LogP contribution in [0.5, 0.6) is 11.5 Å². The fraction of sp³-hybridized carbons (Fsp3) is 0.476. The Hall–Kier alpha value is -3.23. The third kappa shape index (κ3) is 3.55. The molecular weight excluding hydrogens is 388 g/mol. The molecule has 0 unspecified atom stereocenters. The Morgan fingerprint density at radius 2 is 2.17 bits per heavy atom. The van der Waals surface area contributed by atoms with Crippen molar-refractivity contribution in [3.8, 4) is 11.5 Å². The normalized spacial score (nSPS) is 19.0. The number of aromatic amines is 1. The van der Waals surface area contributed by atoms with E-state index in [0.717, 1.165) is 23.4 Å². The third-order valence-corrected chi connectivity index (χ3v) is 5.85. The lowest BCUT2D eigenvalue weighted by Crippen LogP contribution is -2.53. The quantitative estimate of drug-likeness (QED) is 0.728. The number of nitrogens with zero attached hydrogens (tertiary/aromatic N) is 2. The van der Waals surface area contributed by atoms with Crippen LogP contribution in [-0.2, 0) is 16.0 Å². The van der Waals surface area contributed by atoms with Gasteiger partial charge in [-0.15, -0.1) is 0 Å². The molecule has 3 atom stereocenters. The number of hydrogen-bond acceptors (Lipinski definition) is 6. The summed E-state index contributed by atoms with van der Waals surface area (Å²) in [7, 11) is 1.33. The summed E-state index contributed by atoms with van der Waals surface area (Å²) < 4.78 is 15.8. The summed E-state index contributed by atoms with van der Waals surface area (Å²) in [4.78, 5) is 34.9. The summed E-state index contributed by atoms with van der Waals surface area (Å²) in [5.74, 6) is 0.809. The molecule has 2 aliphatic rings. The smallest absolute Gasteiger partial charge is 0.328 e. The van der Waals surface area contributed by atoms with E-state index in [1.807, 2.05) is 32.0 Å². The van der Waals surface area contributed by atoms with Crippen LogP contribution in [0.25, 0.3) is 0 Å². The zero-order valence-corrected chi connectivity index (χ0v) is 17.3. The Morgan fingerprint density at radius 1 is 1.37 bits per heavy atom. The first-order valence-corrected chi connectivity index (χ1v) is 10.1. The topological polar surface area (TPSA) is 106 Å². The van der Waals surface area contributed by atoms with Gasteiger partial charge in [-0.2, -0.15) is 0 Å². The van der Waals surface area contributed by atoms with E-state index in [1.54, 1.807) is 11.2 Å². The first-order valence-electron chi connectivity index (χ1n) is 10.1. The SMILES string of the molecule is CC[C@H](C)[C@H](NC(=O)N1CCc2[nH]cnc2[C@H]1c1ccc2c(c1)OCO2)C(=O)OC. The Labute approximate surface area is 174 Å². The van der Waals surface area contributed by atoms with Gasteiger partial charge in [0.2, 0.25) is 6.79 Å². The number of methoxy groups -OCH3 is 1. The molecule has 4 rings (SSSR count). The zero-order valence-electron chi connectivity index (χ0n) is 17.3. The summed E-state index contributed by atoms with van der Waals surface area (Å²) in [5.41, 5.74) is 2.64. The number of nitrogens with one attached hydrogen (secondary N) is 2. The lowest BCUT2D eigenvalue weighted by Gasteiger charge is -2.36. The van der Waals surface area contributed by atoms with Crippen LogP contribution in [-0.4, -0.2) is 53.4 Å². The highest BCUT2D eigenvalue weighted by molar-refractivity contribution is 5.84. The number of ether oxygens (including phenoxy) is 3. The molecule has 0 aliphatic carbocycles. The van der Waals surface area contributed by atoms with E-state index in [2.05, 4.69) is 15.3 Å². The van der Waals surface area contributed by atoms with Crippen molar-refractivity contribution in [3.63, 3.8) is 0 Å². The minimum Gasteiger partial charge on any atom is -0.467 e. The van der Waals surface area contributed by atoms with Gasteiger partial charge >= 0.3 is 12.0 Å². The standard InChI is InChI=1S/C21H26N4O5/c1-4-12(2)17(20(26)28-3)24-21(27)25-8-7-14-18(23-10-22-14)19(25)13-5-6-15-16(9-13)30-11-29-15/h5-6,9-10,12,17,19H,4,7-8,11H2,1-3H3,(H,22,23)(H,24,27)/t12-,17-,19+/m0/s1. The molecule has 2 aromatic rings. The molecule has 2 N–H and O–H groups in total. The first kappa shape index (κ1) is 20.1. The fourth-order valence-corrected chi connectivity index (χ4v) is 3.93. The predicted molar refractivity (Wildman–Crippen MR) is 107 cm³/mol. The zero-order chi connectivity index (χ0) is 21.3. The molecule has 1 aromatic heterocycles. The number of fused-ring (bicyclic) bond motifs is 2. The Bertz CT molecular complexity index is 943. The van der Waals surface area contributed by atoms with Crippen LogP contribution in [0.2, 0.25) is 0 Å². The van der Waals surface area contributed by atoms with Gasteiger partial charge in [-0.25, -0.2) is 14.6 Å². The van der Waals surface area contributed by atoms with Gasteiger partial charge in [-0.05, 0) is 23.6 Å². The molecule has 3 heterocycles. The molecule has 0 fully saturated rings. The van der Waals surface area contributed by atoms with Gasteiger partial charge in [0.25, 0.3) is 0 Å². The van der Waals surface area contributed by atoms with Gasteiger partial charge in [0.15, 0.2) is 11.5 Å². The second kappa shape index (κ2) is 8.25. The Morgan fingerprint density at radius 3 is 2.93 bits per heavy atom. The number of amides is 2. The minimum atomic E-state index is -0.717. The van der Waals surface area contributed by atoms with E-state index in [4.69, 9.17) is 14.2 Å². The summed E-state index contributed by atoms with van der Waals surface area (Å²) >= 11 is 0. The molecule has 2 amide bonds. The van der Waals surface area contributed by atoms with E-state index < -0.39 is 18.1 Å². The molecule has 0 spiro atoms. The van der Waals surface area contributed by atoms with E-state index in [0.29, 0.717) is 24.5 Å². The molecule has 30 heavy (non-hydrogen) atoms. The van der Waals surface area contributed by atoms with Crippen molar-refractivity contribution >= 4 is 12.0 Å². The average molecular weight is 414 g/mol. The summed E-state index contributed by atoms with van der Waals surface area (Å²) in [6.45, 7) is 4.55. The van der Waals surface area contributed by atoms with Gasteiger partial charge in [0.05, 0.1) is 19.1 Å². The summed E-state index contributed by atoms with van der Waals surface area (Å²) in [5, 5.41) is 2.88. The van der Waals surface area contributed by atoms with Crippen LogP contribution in [0.15, 0.2) is 24.5 Å². The molecular formula is C21H26N4O5. The maximum Gasteiger partial charge on any atom is 0.328 e. The van der Waals surface area contributed by atoms with Crippen molar-refractivity contribution in [1.29, 1.82) is 0 Å². The van der Waals surface area contributed by atoms with Gasteiger partial charge in [-0.1, -0.05) is 26.3 Å². The highest BCUT2D eigenvalue weighted by Crippen LogP contribution is 2.39. The largest absolute Gasteiger partial charge is 0.467 e. The fourth-order valence-electron chi connectivity index (χ4n) is 3.93. The average Bonchev–Trinajstić information content (AvgIpc) is 3.44. The molecule has 0 saturated carbocycles. The number of imidazole rings is 1. The van der Waals surface area contributed by atoms with Crippen LogP contribution in [0, 0.1) is 5.92 Å². The van der Waals surface area contributed by atoms with E-state index in [1.165, 1.54) is 7.11 Å². The van der Waals surface area contributed by atoms with Crippen LogP contribution in [0.1, 0.15) is 43.3 Å². The number of urea groups is 1. The second-order valence-corrected chi connectivity index (χ2v) is 7.56. The Balaban J connectivity index is 1.66. The van der Waals surface area contributed by atoms with Crippen molar-refractivity contribution in [2.24, 2.45) is 5.92 Å². The molecule has 0 saturated heterocycles. The van der Waals surface area contributed by atoms with Crippen LogP contribution in [0.3, 0.4) is 0 Å². The number of aromatic nitrogens is 2. The van der Waals surface area contributed by atoms with Crippen molar-refractivity contribution < 1.29 is 23.8 Å². The van der Waals surface area contributed by atoms with Crippen molar-refractivity contribution in [3.05, 3.63) is 41.5 Å². The molecule has 1 aromatic carbocycles. The molecule has 0 radical (unpaired) electrons. The number of hydrogen-bond donors (Lipinski definition) is 2. The molecule has 160 valence electrons. The van der Waals surface area contributed by atoms with Crippen molar-refractivity contribution in [2.75, 3.05) is 20.4 Å². The van der Waals surface area contributed by atoms with Gasteiger partial charge in [0.1, 0.15) is 12.1 Å². The number of carbonyl (C=O) groups excluding carboxylic acids is 2. The number of carbonyl (C=O) groups is 2. The van der Waals surface area contributed by atoms with Crippen LogP contribution in [0.4, 0.5) is 4.79 Å². The number of benzene rings is 1. The van der Waals surface area contributed by atoms with Gasteiger partial charge in [-0.3, -0.25) is 0 Å². The Kier molecular flexibility index (Phi) is 5.52. The first-order chi connectivity index (χ1) is 14.5. The maximum atomic E-state index is 13.3. The minimum absolute atomic E-state index is 0.0591.